The van der Waals surface area contributed by atoms with Gasteiger partial charge in [0.15, 0.2) is 0 Å². The van der Waals surface area contributed by atoms with Crippen LogP contribution in [0.1, 0.15) is 25.7 Å². The van der Waals surface area contributed by atoms with Crippen LogP contribution >= 0.6 is 23.4 Å². The van der Waals surface area contributed by atoms with Gasteiger partial charge < -0.3 is 0 Å². The molecule has 2 aromatic rings. The molecule has 3 rings (SSSR count). The minimum atomic E-state index is -3.48. The Morgan fingerprint density at radius 1 is 0.958 bits per heavy atom. The van der Waals surface area contributed by atoms with Crippen molar-refractivity contribution >= 4 is 33.4 Å². The van der Waals surface area contributed by atoms with Crippen LogP contribution in [0, 0.1) is 0 Å². The predicted octanol–water partition coefficient (Wildman–Crippen LogP) is 4.72. The molecule has 0 heterocycles. The Bertz CT molecular complexity index is 763. The summed E-state index contributed by atoms with van der Waals surface area (Å²) in [5.74, 6) is 0. The SMILES string of the molecule is O=S(=O)(NC1CCCCC1Sc1ccc(Cl)cc1)c1ccccc1. The zero-order valence-electron chi connectivity index (χ0n) is 13.2. The van der Waals surface area contributed by atoms with Gasteiger partial charge in [-0.15, -0.1) is 11.8 Å². The van der Waals surface area contributed by atoms with E-state index in [2.05, 4.69) is 4.72 Å². The smallest absolute Gasteiger partial charge is 0.207 e. The van der Waals surface area contributed by atoms with Crippen molar-refractivity contribution in [1.29, 1.82) is 0 Å². The van der Waals surface area contributed by atoms with Gasteiger partial charge in [-0.2, -0.15) is 0 Å². The molecule has 1 fully saturated rings. The molecule has 2 atom stereocenters. The van der Waals surface area contributed by atoms with E-state index in [-0.39, 0.29) is 11.3 Å². The normalized spacial score (nSPS) is 21.5. The highest BCUT2D eigenvalue weighted by molar-refractivity contribution is 8.00. The van der Waals surface area contributed by atoms with Gasteiger partial charge in [0.05, 0.1) is 4.90 Å². The maximum Gasteiger partial charge on any atom is 0.240 e. The summed E-state index contributed by atoms with van der Waals surface area (Å²) >= 11 is 7.67. The fraction of sp³-hybridized carbons (Fsp3) is 0.333. The lowest BCUT2D eigenvalue weighted by Crippen LogP contribution is -2.43. The van der Waals surface area contributed by atoms with Crippen LogP contribution in [-0.2, 0) is 10.0 Å². The van der Waals surface area contributed by atoms with Gasteiger partial charge in [-0.25, -0.2) is 13.1 Å². The molecule has 1 aliphatic rings. The molecular formula is C18H20ClNO2S2. The first-order valence-electron chi connectivity index (χ1n) is 8.04. The Balaban J connectivity index is 1.74. The Kier molecular flexibility index (Phi) is 5.87. The van der Waals surface area contributed by atoms with Crippen LogP contribution in [0.3, 0.4) is 0 Å². The standard InChI is InChI=1S/C18H20ClNO2S2/c19-14-10-12-15(13-11-14)23-18-9-5-4-8-17(18)20-24(21,22)16-6-2-1-3-7-16/h1-3,6-7,10-13,17-18,20H,4-5,8-9H2. The predicted molar refractivity (Wildman–Crippen MR) is 100 cm³/mol. The van der Waals surface area contributed by atoms with E-state index in [1.807, 2.05) is 30.3 Å². The maximum absolute atomic E-state index is 12.6. The van der Waals surface area contributed by atoms with E-state index in [1.54, 1.807) is 36.0 Å². The molecule has 0 bridgehead atoms. The van der Waals surface area contributed by atoms with Crippen LogP contribution in [0.4, 0.5) is 0 Å². The van der Waals surface area contributed by atoms with Crippen LogP contribution in [0.5, 0.6) is 0 Å². The van der Waals surface area contributed by atoms with Gasteiger partial charge in [-0.1, -0.05) is 42.6 Å². The number of hydrogen-bond acceptors (Lipinski definition) is 3. The average molecular weight is 382 g/mol. The number of halogens is 1. The lowest BCUT2D eigenvalue weighted by molar-refractivity contribution is 0.423. The molecule has 24 heavy (non-hydrogen) atoms. The van der Waals surface area contributed by atoms with E-state index in [1.165, 1.54) is 0 Å². The second kappa shape index (κ2) is 7.91. The summed E-state index contributed by atoms with van der Waals surface area (Å²) in [6, 6.07) is 16.2. The van der Waals surface area contributed by atoms with Crippen LogP contribution in [0.25, 0.3) is 0 Å². The summed E-state index contributed by atoms with van der Waals surface area (Å²) in [7, 11) is -3.48. The van der Waals surface area contributed by atoms with E-state index >= 15 is 0 Å². The summed E-state index contributed by atoms with van der Waals surface area (Å²) in [4.78, 5) is 1.45. The number of thioether (sulfide) groups is 1. The molecule has 3 nitrogen and oxygen atoms in total. The molecule has 1 aliphatic carbocycles. The van der Waals surface area contributed by atoms with Gasteiger partial charge in [0.1, 0.15) is 0 Å². The third-order valence-corrected chi connectivity index (χ3v) is 7.33. The molecule has 0 aliphatic heterocycles. The van der Waals surface area contributed by atoms with E-state index in [9.17, 15) is 8.42 Å². The fourth-order valence-corrected chi connectivity index (χ4v) is 5.77. The summed E-state index contributed by atoms with van der Waals surface area (Å²) in [6.07, 6.45) is 4.07. The zero-order valence-corrected chi connectivity index (χ0v) is 15.6. The van der Waals surface area contributed by atoms with Gasteiger partial charge in [-0.05, 0) is 49.2 Å². The van der Waals surface area contributed by atoms with Crippen molar-refractivity contribution < 1.29 is 8.42 Å². The highest BCUT2D eigenvalue weighted by Gasteiger charge is 2.30. The molecule has 6 heteroatoms. The summed E-state index contributed by atoms with van der Waals surface area (Å²) in [6.45, 7) is 0. The Morgan fingerprint density at radius 3 is 2.33 bits per heavy atom. The molecule has 0 radical (unpaired) electrons. The van der Waals surface area contributed by atoms with Crippen LogP contribution in [0.2, 0.25) is 5.02 Å². The average Bonchev–Trinajstić information content (AvgIpc) is 2.59. The molecule has 0 saturated heterocycles. The molecule has 1 saturated carbocycles. The molecule has 0 amide bonds. The molecule has 1 N–H and O–H groups in total. The molecule has 2 unspecified atom stereocenters. The molecule has 0 spiro atoms. The van der Waals surface area contributed by atoms with Crippen molar-refractivity contribution in [3.63, 3.8) is 0 Å². The minimum Gasteiger partial charge on any atom is -0.207 e. The second-order valence-electron chi connectivity index (χ2n) is 5.94. The monoisotopic (exact) mass is 381 g/mol. The fourth-order valence-electron chi connectivity index (χ4n) is 2.93. The van der Waals surface area contributed by atoms with E-state index < -0.39 is 10.0 Å². The van der Waals surface area contributed by atoms with Crippen LogP contribution < -0.4 is 4.72 Å². The molecular weight excluding hydrogens is 362 g/mol. The van der Waals surface area contributed by atoms with Gasteiger partial charge in [0, 0.05) is 21.2 Å². The van der Waals surface area contributed by atoms with Crippen molar-refractivity contribution in [2.75, 3.05) is 0 Å². The largest absolute Gasteiger partial charge is 0.240 e. The zero-order chi connectivity index (χ0) is 17.0. The Morgan fingerprint density at radius 2 is 1.62 bits per heavy atom. The van der Waals surface area contributed by atoms with Crippen molar-refractivity contribution in [2.45, 2.75) is 46.8 Å². The maximum atomic E-state index is 12.6. The number of hydrogen-bond donors (Lipinski definition) is 1. The Hall–Kier alpha value is -1.01. The number of nitrogens with one attached hydrogen (secondary N) is 1. The van der Waals surface area contributed by atoms with E-state index in [4.69, 9.17) is 11.6 Å². The van der Waals surface area contributed by atoms with Crippen molar-refractivity contribution in [2.24, 2.45) is 0 Å². The number of sulfonamides is 1. The first kappa shape index (κ1) is 17.8. The van der Waals surface area contributed by atoms with Gasteiger partial charge in [0.2, 0.25) is 10.0 Å². The lowest BCUT2D eigenvalue weighted by Gasteiger charge is -2.31. The highest BCUT2D eigenvalue weighted by atomic mass is 35.5. The Labute approximate surface area is 152 Å². The molecule has 0 aromatic heterocycles. The topological polar surface area (TPSA) is 46.2 Å². The van der Waals surface area contributed by atoms with Gasteiger partial charge >= 0.3 is 0 Å². The summed E-state index contributed by atoms with van der Waals surface area (Å²) in [5.41, 5.74) is 0. The van der Waals surface area contributed by atoms with Crippen LogP contribution in [0.15, 0.2) is 64.4 Å². The number of rotatable bonds is 5. The van der Waals surface area contributed by atoms with E-state index in [0.29, 0.717) is 9.92 Å². The third-order valence-electron chi connectivity index (χ3n) is 4.16. The van der Waals surface area contributed by atoms with Crippen molar-refractivity contribution in [1.82, 2.24) is 4.72 Å². The summed E-state index contributed by atoms with van der Waals surface area (Å²) in [5, 5.41) is 0.947. The lowest BCUT2D eigenvalue weighted by atomic mass is 9.96. The quantitative estimate of drug-likeness (QED) is 0.814. The summed E-state index contributed by atoms with van der Waals surface area (Å²) < 4.78 is 28.1. The van der Waals surface area contributed by atoms with Crippen molar-refractivity contribution in [3.8, 4) is 0 Å². The third kappa shape index (κ3) is 4.54. The highest BCUT2D eigenvalue weighted by Crippen LogP contribution is 2.35. The number of benzene rings is 2. The van der Waals surface area contributed by atoms with Crippen LogP contribution in [-0.4, -0.2) is 19.7 Å². The van der Waals surface area contributed by atoms with E-state index in [0.717, 1.165) is 30.6 Å². The van der Waals surface area contributed by atoms with Gasteiger partial charge in [0.25, 0.3) is 0 Å². The molecule has 2 aromatic carbocycles. The second-order valence-corrected chi connectivity index (χ2v) is 9.40. The van der Waals surface area contributed by atoms with Gasteiger partial charge in [-0.3, -0.25) is 0 Å². The molecule has 128 valence electrons. The first-order chi connectivity index (χ1) is 11.5. The first-order valence-corrected chi connectivity index (χ1v) is 10.8. The minimum absolute atomic E-state index is 0.0513. The van der Waals surface area contributed by atoms with Crippen molar-refractivity contribution in [3.05, 3.63) is 59.6 Å².